The fourth-order valence-electron chi connectivity index (χ4n) is 1.65. The monoisotopic (exact) mass is 260 g/mol. The molecule has 0 bridgehead atoms. The van der Waals surface area contributed by atoms with Gasteiger partial charge in [0.05, 0.1) is 5.56 Å². The highest BCUT2D eigenvalue weighted by molar-refractivity contribution is 7.10. The lowest BCUT2D eigenvalue weighted by Crippen LogP contribution is -2.36. The molecule has 1 N–H and O–H groups in total. The molecule has 4 heteroatoms. The Kier molecular flexibility index (Phi) is 3.77. The molecule has 2 rings (SSSR count). The second-order valence-corrected chi connectivity index (χ2v) is 5.73. The minimum atomic E-state index is -0.0762. The summed E-state index contributed by atoms with van der Waals surface area (Å²) in [5.74, 6) is -0.0762. The van der Waals surface area contributed by atoms with Gasteiger partial charge in [-0.05, 0) is 23.6 Å². The lowest BCUT2D eigenvalue weighted by molar-refractivity contribution is 0.0945. The third-order valence-corrected chi connectivity index (χ3v) is 4.04. The average Bonchev–Trinajstić information content (AvgIpc) is 2.92. The van der Waals surface area contributed by atoms with Gasteiger partial charge in [0.25, 0.3) is 5.91 Å². The summed E-state index contributed by atoms with van der Waals surface area (Å²) in [5, 5.41) is 5.01. The Balaban J connectivity index is 1.98. The number of hydrogen-bond donors (Lipinski definition) is 1. The number of nitrogens with zero attached hydrogens (tertiary/aromatic N) is 1. The molecule has 0 aliphatic heterocycles. The molecule has 0 saturated heterocycles. The molecule has 3 nitrogen and oxygen atoms in total. The summed E-state index contributed by atoms with van der Waals surface area (Å²) >= 11 is 1.71. The van der Waals surface area contributed by atoms with Gasteiger partial charge in [0.1, 0.15) is 0 Å². The average molecular weight is 260 g/mol. The van der Waals surface area contributed by atoms with Crippen LogP contribution < -0.4 is 5.32 Å². The zero-order valence-corrected chi connectivity index (χ0v) is 11.3. The van der Waals surface area contributed by atoms with Crippen molar-refractivity contribution in [2.75, 3.05) is 6.54 Å². The van der Waals surface area contributed by atoms with Crippen molar-refractivity contribution in [1.29, 1.82) is 0 Å². The van der Waals surface area contributed by atoms with Gasteiger partial charge in [-0.25, -0.2) is 0 Å². The quantitative estimate of drug-likeness (QED) is 0.918. The standard InChI is InChI=1S/C14H16N2OS/c1-14(2,12-6-4-8-18-12)10-16-13(17)11-5-3-7-15-9-11/h3-9H,10H2,1-2H3,(H,16,17). The van der Waals surface area contributed by atoms with Gasteiger partial charge in [0, 0.05) is 29.2 Å². The SMILES string of the molecule is CC(C)(CNC(=O)c1cccnc1)c1cccs1. The largest absolute Gasteiger partial charge is 0.351 e. The van der Waals surface area contributed by atoms with Crippen LogP contribution in [0.4, 0.5) is 0 Å². The molecule has 0 radical (unpaired) electrons. The second-order valence-electron chi connectivity index (χ2n) is 4.79. The van der Waals surface area contributed by atoms with Crippen LogP contribution in [0.3, 0.4) is 0 Å². The molecule has 0 aliphatic carbocycles. The Morgan fingerprint density at radius 2 is 2.22 bits per heavy atom. The number of thiophene rings is 1. The first-order valence-electron chi connectivity index (χ1n) is 5.82. The second kappa shape index (κ2) is 5.31. The van der Waals surface area contributed by atoms with Crippen molar-refractivity contribution in [2.45, 2.75) is 19.3 Å². The van der Waals surface area contributed by atoms with Gasteiger partial charge < -0.3 is 5.32 Å². The molecule has 0 unspecified atom stereocenters. The van der Waals surface area contributed by atoms with Gasteiger partial charge >= 0.3 is 0 Å². The van der Waals surface area contributed by atoms with Crippen LogP contribution in [0.25, 0.3) is 0 Å². The number of rotatable bonds is 4. The first kappa shape index (κ1) is 12.8. The molecule has 2 heterocycles. The number of hydrogen-bond acceptors (Lipinski definition) is 3. The Labute approximate surface area is 111 Å². The zero-order valence-electron chi connectivity index (χ0n) is 10.5. The van der Waals surface area contributed by atoms with Gasteiger partial charge in [-0.1, -0.05) is 19.9 Å². The molecule has 2 aromatic heterocycles. The zero-order chi connectivity index (χ0) is 13.0. The maximum Gasteiger partial charge on any atom is 0.252 e. The first-order chi connectivity index (χ1) is 8.59. The lowest BCUT2D eigenvalue weighted by atomic mass is 9.91. The number of nitrogens with one attached hydrogen (secondary N) is 1. The molecule has 2 aromatic rings. The van der Waals surface area contributed by atoms with Gasteiger partial charge in [0.2, 0.25) is 0 Å². The van der Waals surface area contributed by atoms with Crippen molar-refractivity contribution in [1.82, 2.24) is 10.3 Å². The fourth-order valence-corrected chi connectivity index (χ4v) is 2.50. The maximum absolute atomic E-state index is 11.9. The van der Waals surface area contributed by atoms with Crippen LogP contribution in [0.1, 0.15) is 29.1 Å². The van der Waals surface area contributed by atoms with Gasteiger partial charge in [-0.3, -0.25) is 9.78 Å². The van der Waals surface area contributed by atoms with E-state index in [1.54, 1.807) is 35.9 Å². The maximum atomic E-state index is 11.9. The summed E-state index contributed by atoms with van der Waals surface area (Å²) in [5.41, 5.74) is 0.547. The number of aromatic nitrogens is 1. The van der Waals surface area contributed by atoms with Crippen LogP contribution in [0.2, 0.25) is 0 Å². The molecule has 0 spiro atoms. The molecule has 1 amide bonds. The van der Waals surface area contributed by atoms with Gasteiger partial charge in [-0.15, -0.1) is 11.3 Å². The van der Waals surface area contributed by atoms with Crippen molar-refractivity contribution in [3.63, 3.8) is 0 Å². The molecule has 0 saturated carbocycles. The fraction of sp³-hybridized carbons (Fsp3) is 0.286. The highest BCUT2D eigenvalue weighted by Crippen LogP contribution is 2.26. The van der Waals surface area contributed by atoms with Gasteiger partial charge in [0.15, 0.2) is 0 Å². The molecule has 0 atom stereocenters. The third kappa shape index (κ3) is 2.96. The Morgan fingerprint density at radius 3 is 2.83 bits per heavy atom. The van der Waals surface area contributed by atoms with Crippen LogP contribution in [0.15, 0.2) is 42.0 Å². The van der Waals surface area contributed by atoms with E-state index in [4.69, 9.17) is 0 Å². The Bertz CT molecular complexity index is 506. The number of carbonyl (C=O) groups excluding carboxylic acids is 1. The van der Waals surface area contributed by atoms with Crippen molar-refractivity contribution in [3.05, 3.63) is 52.5 Å². The number of amides is 1. The first-order valence-corrected chi connectivity index (χ1v) is 6.70. The highest BCUT2D eigenvalue weighted by atomic mass is 32.1. The lowest BCUT2D eigenvalue weighted by Gasteiger charge is -2.23. The molecule has 94 valence electrons. The third-order valence-electron chi connectivity index (χ3n) is 2.80. The van der Waals surface area contributed by atoms with Crippen LogP contribution >= 0.6 is 11.3 Å². The summed E-state index contributed by atoms with van der Waals surface area (Å²) in [6.07, 6.45) is 3.24. The minimum Gasteiger partial charge on any atom is -0.351 e. The van der Waals surface area contributed by atoms with E-state index in [-0.39, 0.29) is 11.3 Å². The summed E-state index contributed by atoms with van der Waals surface area (Å²) in [7, 11) is 0. The summed E-state index contributed by atoms with van der Waals surface area (Å²) in [4.78, 5) is 17.1. The van der Waals surface area contributed by atoms with E-state index < -0.39 is 0 Å². The van der Waals surface area contributed by atoms with Crippen molar-refractivity contribution >= 4 is 17.2 Å². The van der Waals surface area contributed by atoms with E-state index in [2.05, 4.69) is 35.6 Å². The van der Waals surface area contributed by atoms with E-state index in [0.29, 0.717) is 12.1 Å². The van der Waals surface area contributed by atoms with E-state index in [1.165, 1.54) is 4.88 Å². The van der Waals surface area contributed by atoms with E-state index in [1.807, 2.05) is 6.07 Å². The van der Waals surface area contributed by atoms with Crippen LogP contribution in [0.5, 0.6) is 0 Å². The van der Waals surface area contributed by atoms with Crippen molar-refractivity contribution in [2.24, 2.45) is 0 Å². The minimum absolute atomic E-state index is 0.0496. The molecule has 0 aliphatic rings. The summed E-state index contributed by atoms with van der Waals surface area (Å²) < 4.78 is 0. The van der Waals surface area contributed by atoms with Crippen LogP contribution in [-0.4, -0.2) is 17.4 Å². The highest BCUT2D eigenvalue weighted by Gasteiger charge is 2.22. The Morgan fingerprint density at radius 1 is 1.39 bits per heavy atom. The summed E-state index contributed by atoms with van der Waals surface area (Å²) in [6, 6.07) is 7.66. The van der Waals surface area contributed by atoms with Gasteiger partial charge in [-0.2, -0.15) is 0 Å². The van der Waals surface area contributed by atoms with Crippen LogP contribution in [0, 0.1) is 0 Å². The van der Waals surface area contributed by atoms with Crippen molar-refractivity contribution in [3.8, 4) is 0 Å². The van der Waals surface area contributed by atoms with E-state index >= 15 is 0 Å². The normalized spacial score (nSPS) is 11.2. The predicted molar refractivity (Wildman–Crippen MR) is 73.9 cm³/mol. The smallest absolute Gasteiger partial charge is 0.252 e. The summed E-state index contributed by atoms with van der Waals surface area (Å²) in [6.45, 7) is 4.87. The number of pyridine rings is 1. The molecular weight excluding hydrogens is 244 g/mol. The molecule has 18 heavy (non-hydrogen) atoms. The molecule has 0 aromatic carbocycles. The Hall–Kier alpha value is -1.68. The molecule has 0 fully saturated rings. The van der Waals surface area contributed by atoms with Crippen molar-refractivity contribution < 1.29 is 4.79 Å². The van der Waals surface area contributed by atoms with E-state index in [0.717, 1.165) is 0 Å². The number of carbonyl (C=O) groups is 1. The molecular formula is C14H16N2OS. The van der Waals surface area contributed by atoms with E-state index in [9.17, 15) is 4.79 Å². The topological polar surface area (TPSA) is 42.0 Å². The predicted octanol–water partition coefficient (Wildman–Crippen LogP) is 2.85. The van der Waals surface area contributed by atoms with Crippen LogP contribution in [-0.2, 0) is 5.41 Å².